The first kappa shape index (κ1) is 12.5. The zero-order chi connectivity index (χ0) is 12.1. The summed E-state index contributed by atoms with van der Waals surface area (Å²) in [5.74, 6) is 0. The first-order valence-electron chi connectivity index (χ1n) is 6.32. The van der Waals surface area contributed by atoms with Gasteiger partial charge in [0.05, 0.1) is 12.8 Å². The van der Waals surface area contributed by atoms with Crippen LogP contribution in [0.1, 0.15) is 18.4 Å². The molecular weight excluding hydrogens is 216 g/mol. The molecule has 1 aliphatic heterocycles. The number of hydrogen-bond donors (Lipinski definition) is 2. The summed E-state index contributed by atoms with van der Waals surface area (Å²) in [7, 11) is 1.93. The molecule has 1 unspecified atom stereocenters. The highest BCUT2D eigenvalue weighted by molar-refractivity contribution is 5.03. The van der Waals surface area contributed by atoms with Gasteiger partial charge in [0.25, 0.3) is 0 Å². The third-order valence-electron chi connectivity index (χ3n) is 3.22. The second-order valence-corrected chi connectivity index (χ2v) is 4.77. The van der Waals surface area contributed by atoms with Crippen molar-refractivity contribution in [3.63, 3.8) is 0 Å². The van der Waals surface area contributed by atoms with Crippen molar-refractivity contribution in [1.29, 1.82) is 0 Å². The summed E-state index contributed by atoms with van der Waals surface area (Å²) in [6, 6.07) is 0.582. The quantitative estimate of drug-likeness (QED) is 0.730. The number of nitrogens with zero attached hydrogens (tertiary/aromatic N) is 3. The molecule has 1 aliphatic rings. The fraction of sp³-hybridized carbons (Fsp3) is 0.750. The topological polar surface area (TPSA) is 53.3 Å². The summed E-state index contributed by atoms with van der Waals surface area (Å²) in [4.78, 5) is 2.29. The van der Waals surface area contributed by atoms with Crippen LogP contribution in [0.2, 0.25) is 0 Å². The maximum absolute atomic E-state index is 9.11. The normalized spacial score (nSPS) is 20.3. The van der Waals surface area contributed by atoms with E-state index in [-0.39, 0.29) is 6.61 Å². The molecule has 1 saturated heterocycles. The van der Waals surface area contributed by atoms with Gasteiger partial charge in [-0.25, -0.2) is 0 Å². The Kier molecular flexibility index (Phi) is 4.53. The van der Waals surface area contributed by atoms with Gasteiger partial charge < -0.3 is 10.4 Å². The molecule has 2 heterocycles. The molecule has 0 aromatic carbocycles. The van der Waals surface area contributed by atoms with Crippen molar-refractivity contribution < 1.29 is 5.11 Å². The SMILES string of the molecule is Cn1cc(CN(CCO)CC2CCCN2)cn1. The van der Waals surface area contributed by atoms with Gasteiger partial charge in [-0.3, -0.25) is 9.58 Å². The summed E-state index contributed by atoms with van der Waals surface area (Å²) in [5, 5.41) is 16.8. The van der Waals surface area contributed by atoms with Crippen molar-refractivity contribution in [2.45, 2.75) is 25.4 Å². The van der Waals surface area contributed by atoms with Gasteiger partial charge >= 0.3 is 0 Å². The van der Waals surface area contributed by atoms with Crippen LogP contribution < -0.4 is 5.32 Å². The Hall–Kier alpha value is -0.910. The van der Waals surface area contributed by atoms with E-state index in [0.717, 1.165) is 26.2 Å². The number of aliphatic hydroxyl groups is 1. The predicted octanol–water partition coefficient (Wildman–Crippen LogP) is -0.0336. The van der Waals surface area contributed by atoms with Gasteiger partial charge in [0.15, 0.2) is 0 Å². The fourth-order valence-electron chi connectivity index (χ4n) is 2.41. The Labute approximate surface area is 102 Å². The summed E-state index contributed by atoms with van der Waals surface area (Å²) < 4.78 is 1.82. The second-order valence-electron chi connectivity index (χ2n) is 4.77. The van der Waals surface area contributed by atoms with Gasteiger partial charge in [-0.1, -0.05) is 0 Å². The van der Waals surface area contributed by atoms with E-state index in [4.69, 9.17) is 5.11 Å². The number of aromatic nitrogens is 2. The Morgan fingerprint density at radius 1 is 1.65 bits per heavy atom. The summed E-state index contributed by atoms with van der Waals surface area (Å²) in [6.45, 7) is 3.95. The maximum Gasteiger partial charge on any atom is 0.0558 e. The van der Waals surface area contributed by atoms with Crippen LogP contribution in [0, 0.1) is 0 Å². The molecule has 0 aliphatic carbocycles. The van der Waals surface area contributed by atoms with E-state index < -0.39 is 0 Å². The maximum atomic E-state index is 9.11. The van der Waals surface area contributed by atoms with Crippen molar-refractivity contribution in [3.8, 4) is 0 Å². The second kappa shape index (κ2) is 6.14. The predicted molar refractivity (Wildman–Crippen MR) is 66.6 cm³/mol. The van der Waals surface area contributed by atoms with E-state index in [1.165, 1.54) is 18.4 Å². The molecule has 0 bridgehead atoms. The highest BCUT2D eigenvalue weighted by atomic mass is 16.3. The minimum atomic E-state index is 0.215. The molecule has 1 aromatic heterocycles. The largest absolute Gasteiger partial charge is 0.395 e. The standard InChI is InChI=1S/C12H22N4O/c1-15-8-11(7-14-15)9-16(5-6-17)10-12-3-2-4-13-12/h7-8,12-13,17H,2-6,9-10H2,1H3. The minimum Gasteiger partial charge on any atom is -0.395 e. The van der Waals surface area contributed by atoms with Gasteiger partial charge in [0.1, 0.15) is 0 Å². The van der Waals surface area contributed by atoms with Crippen LogP contribution in [0.5, 0.6) is 0 Å². The van der Waals surface area contributed by atoms with E-state index >= 15 is 0 Å². The summed E-state index contributed by atoms with van der Waals surface area (Å²) in [5.41, 5.74) is 1.21. The monoisotopic (exact) mass is 238 g/mol. The number of hydrogen-bond acceptors (Lipinski definition) is 4. The van der Waals surface area contributed by atoms with E-state index in [9.17, 15) is 0 Å². The Balaban J connectivity index is 1.87. The van der Waals surface area contributed by atoms with Crippen molar-refractivity contribution in [1.82, 2.24) is 20.0 Å². The third-order valence-corrected chi connectivity index (χ3v) is 3.22. The van der Waals surface area contributed by atoms with E-state index in [1.807, 2.05) is 24.1 Å². The lowest BCUT2D eigenvalue weighted by molar-refractivity contribution is 0.179. The molecule has 17 heavy (non-hydrogen) atoms. The molecule has 1 aromatic rings. The molecule has 5 nitrogen and oxygen atoms in total. The van der Waals surface area contributed by atoms with E-state index in [0.29, 0.717) is 6.04 Å². The fourth-order valence-corrected chi connectivity index (χ4v) is 2.41. The van der Waals surface area contributed by atoms with Gasteiger partial charge in [-0.05, 0) is 19.4 Å². The third kappa shape index (κ3) is 3.80. The van der Waals surface area contributed by atoms with Gasteiger partial charge in [-0.15, -0.1) is 0 Å². The Morgan fingerprint density at radius 2 is 2.53 bits per heavy atom. The zero-order valence-electron chi connectivity index (χ0n) is 10.5. The van der Waals surface area contributed by atoms with Crippen molar-refractivity contribution >= 4 is 0 Å². The van der Waals surface area contributed by atoms with Crippen LogP contribution in [0.3, 0.4) is 0 Å². The van der Waals surface area contributed by atoms with Crippen molar-refractivity contribution in [2.75, 3.05) is 26.2 Å². The highest BCUT2D eigenvalue weighted by Gasteiger charge is 2.17. The van der Waals surface area contributed by atoms with Crippen LogP contribution in [0.25, 0.3) is 0 Å². The van der Waals surface area contributed by atoms with Crippen LogP contribution in [-0.4, -0.2) is 52.1 Å². The molecule has 96 valence electrons. The van der Waals surface area contributed by atoms with Crippen molar-refractivity contribution in [2.24, 2.45) is 7.05 Å². The van der Waals surface area contributed by atoms with Gasteiger partial charge in [0, 0.05) is 44.5 Å². The zero-order valence-corrected chi connectivity index (χ0v) is 10.5. The molecule has 1 fully saturated rings. The lowest BCUT2D eigenvalue weighted by atomic mass is 10.2. The lowest BCUT2D eigenvalue weighted by Gasteiger charge is -2.24. The molecule has 2 rings (SSSR count). The van der Waals surface area contributed by atoms with Crippen LogP contribution in [0.15, 0.2) is 12.4 Å². The number of aliphatic hydroxyl groups excluding tert-OH is 1. The average Bonchev–Trinajstić information content (AvgIpc) is 2.91. The molecule has 2 N–H and O–H groups in total. The van der Waals surface area contributed by atoms with Crippen molar-refractivity contribution in [3.05, 3.63) is 18.0 Å². The summed E-state index contributed by atoms with van der Waals surface area (Å²) >= 11 is 0. The lowest BCUT2D eigenvalue weighted by Crippen LogP contribution is -2.38. The van der Waals surface area contributed by atoms with E-state index in [2.05, 4.69) is 15.3 Å². The molecule has 1 atom stereocenters. The van der Waals surface area contributed by atoms with E-state index in [1.54, 1.807) is 0 Å². The summed E-state index contributed by atoms with van der Waals surface area (Å²) in [6.07, 6.45) is 6.44. The van der Waals surface area contributed by atoms with Crippen LogP contribution in [-0.2, 0) is 13.6 Å². The Bertz CT molecular complexity index is 333. The van der Waals surface area contributed by atoms with Crippen LogP contribution in [0.4, 0.5) is 0 Å². The molecule has 5 heteroatoms. The molecule has 0 radical (unpaired) electrons. The smallest absolute Gasteiger partial charge is 0.0558 e. The first-order chi connectivity index (χ1) is 8.28. The molecular formula is C12H22N4O. The molecule has 0 spiro atoms. The highest BCUT2D eigenvalue weighted by Crippen LogP contribution is 2.09. The first-order valence-corrected chi connectivity index (χ1v) is 6.32. The van der Waals surface area contributed by atoms with Gasteiger partial charge in [0.2, 0.25) is 0 Å². The number of nitrogens with one attached hydrogen (secondary N) is 1. The number of aryl methyl sites for hydroxylation is 1. The van der Waals surface area contributed by atoms with Crippen LogP contribution >= 0.6 is 0 Å². The Morgan fingerprint density at radius 3 is 3.12 bits per heavy atom. The average molecular weight is 238 g/mol. The minimum absolute atomic E-state index is 0.215. The molecule has 0 saturated carbocycles. The number of rotatable bonds is 6. The molecule has 0 amide bonds. The van der Waals surface area contributed by atoms with Gasteiger partial charge in [-0.2, -0.15) is 5.10 Å².